The minimum absolute atomic E-state index is 0.0376. The lowest BCUT2D eigenvalue weighted by Gasteiger charge is -2.15. The van der Waals surface area contributed by atoms with Gasteiger partial charge in [0.1, 0.15) is 0 Å². The topological polar surface area (TPSA) is 114 Å². The van der Waals surface area contributed by atoms with Crippen LogP contribution in [0, 0.1) is 0 Å². The number of nitrogens with one attached hydrogen (secondary N) is 2. The highest BCUT2D eigenvalue weighted by Gasteiger charge is 2.11. The molecule has 2 amide bonds. The predicted molar refractivity (Wildman–Crippen MR) is 85.8 cm³/mol. The number of urea groups is 1. The van der Waals surface area contributed by atoms with Gasteiger partial charge in [0.25, 0.3) is 0 Å². The van der Waals surface area contributed by atoms with Gasteiger partial charge in [-0.1, -0.05) is 12.1 Å². The first-order valence-electron chi connectivity index (χ1n) is 6.92. The molecule has 0 fully saturated rings. The smallest absolute Gasteiger partial charge is 0.315 e. The van der Waals surface area contributed by atoms with Gasteiger partial charge in [0.05, 0.1) is 10.9 Å². The maximum Gasteiger partial charge on any atom is 0.315 e. The molecular weight excluding hydrogens is 316 g/mol. The van der Waals surface area contributed by atoms with Crippen molar-refractivity contribution in [2.24, 2.45) is 5.14 Å². The van der Waals surface area contributed by atoms with Gasteiger partial charge in [0.15, 0.2) is 0 Å². The Kier molecular flexibility index (Phi) is 5.30. The molecule has 4 N–H and O–H groups in total. The number of hydrogen-bond donors (Lipinski definition) is 3. The number of aromatic nitrogens is 1. The number of carbonyl (C=O) groups is 1. The molecule has 0 saturated heterocycles. The van der Waals surface area contributed by atoms with Crippen LogP contribution in [0.15, 0.2) is 53.7 Å². The van der Waals surface area contributed by atoms with E-state index in [1.54, 1.807) is 31.5 Å². The van der Waals surface area contributed by atoms with Gasteiger partial charge in [-0.2, -0.15) is 0 Å². The molecule has 8 heteroatoms. The first kappa shape index (κ1) is 16.9. The number of nitrogens with zero attached hydrogens (tertiary/aromatic N) is 1. The summed E-state index contributed by atoms with van der Waals surface area (Å²) in [5.41, 5.74) is 1.72. The summed E-state index contributed by atoms with van der Waals surface area (Å²) in [6, 6.07) is 9.11. The lowest BCUT2D eigenvalue weighted by Crippen LogP contribution is -2.36. The Morgan fingerprint density at radius 3 is 2.35 bits per heavy atom. The number of amides is 2. The predicted octanol–water partition coefficient (Wildman–Crippen LogP) is 1.29. The minimum atomic E-state index is -3.71. The van der Waals surface area contributed by atoms with Crippen molar-refractivity contribution in [2.45, 2.75) is 24.4 Å². The van der Waals surface area contributed by atoms with Crippen LogP contribution in [0.2, 0.25) is 0 Å². The summed E-state index contributed by atoms with van der Waals surface area (Å²) >= 11 is 0. The van der Waals surface area contributed by atoms with Crippen LogP contribution in [0.1, 0.15) is 24.1 Å². The van der Waals surface area contributed by atoms with E-state index in [9.17, 15) is 13.2 Å². The van der Waals surface area contributed by atoms with Gasteiger partial charge in [-0.25, -0.2) is 18.4 Å². The van der Waals surface area contributed by atoms with Crippen molar-refractivity contribution >= 4 is 16.1 Å². The van der Waals surface area contributed by atoms with Crippen LogP contribution in [0.4, 0.5) is 4.79 Å². The number of nitrogens with two attached hydrogens (primary N) is 1. The number of benzene rings is 1. The normalized spacial score (nSPS) is 12.4. The highest BCUT2D eigenvalue weighted by atomic mass is 32.2. The molecule has 0 saturated carbocycles. The summed E-state index contributed by atoms with van der Waals surface area (Å²) in [7, 11) is -3.71. The quantitative estimate of drug-likeness (QED) is 0.764. The van der Waals surface area contributed by atoms with Gasteiger partial charge in [-0.3, -0.25) is 4.98 Å². The Hall–Kier alpha value is -2.45. The van der Waals surface area contributed by atoms with Crippen molar-refractivity contribution in [3.63, 3.8) is 0 Å². The summed E-state index contributed by atoms with van der Waals surface area (Å²) in [4.78, 5) is 15.8. The second-order valence-electron chi connectivity index (χ2n) is 5.02. The molecule has 1 heterocycles. The van der Waals surface area contributed by atoms with E-state index in [4.69, 9.17) is 5.14 Å². The molecule has 7 nitrogen and oxygen atoms in total. The maximum absolute atomic E-state index is 11.9. The van der Waals surface area contributed by atoms with Gasteiger partial charge >= 0.3 is 6.03 Å². The average Bonchev–Trinajstić information content (AvgIpc) is 2.53. The van der Waals surface area contributed by atoms with Gasteiger partial charge in [0.2, 0.25) is 10.0 Å². The summed E-state index contributed by atoms with van der Waals surface area (Å²) in [6.07, 6.45) is 3.31. The van der Waals surface area contributed by atoms with Crippen LogP contribution in [0.5, 0.6) is 0 Å². The zero-order chi connectivity index (χ0) is 16.9. The average molecular weight is 334 g/mol. The van der Waals surface area contributed by atoms with E-state index in [1.165, 1.54) is 12.1 Å². The van der Waals surface area contributed by atoms with Crippen LogP contribution < -0.4 is 15.8 Å². The van der Waals surface area contributed by atoms with Crippen LogP contribution in [-0.4, -0.2) is 19.4 Å². The molecule has 0 radical (unpaired) electrons. The molecular formula is C15H18N4O3S. The Morgan fingerprint density at radius 2 is 1.78 bits per heavy atom. The molecule has 23 heavy (non-hydrogen) atoms. The van der Waals surface area contributed by atoms with Crippen molar-refractivity contribution in [1.29, 1.82) is 0 Å². The van der Waals surface area contributed by atoms with E-state index < -0.39 is 10.0 Å². The molecule has 122 valence electrons. The fourth-order valence-electron chi connectivity index (χ4n) is 1.96. The van der Waals surface area contributed by atoms with Crippen LogP contribution in [0.25, 0.3) is 0 Å². The fourth-order valence-corrected chi connectivity index (χ4v) is 2.48. The fraction of sp³-hybridized carbons (Fsp3) is 0.200. The second-order valence-corrected chi connectivity index (χ2v) is 6.58. The van der Waals surface area contributed by atoms with Crippen LogP contribution in [0.3, 0.4) is 0 Å². The Bertz CT molecular complexity index is 761. The third-order valence-corrected chi connectivity index (χ3v) is 4.19. The standard InChI is InChI=1S/C15H18N4O3S/c1-11(13-2-4-14(5-3-13)23(16,21)22)19-15(20)18-10-12-6-8-17-9-7-12/h2-9,11H,10H2,1H3,(H2,16,21,22)(H2,18,19,20)/t11-/m1/s1. The van der Waals surface area contributed by atoms with Crippen molar-refractivity contribution in [1.82, 2.24) is 15.6 Å². The third-order valence-electron chi connectivity index (χ3n) is 3.26. The molecule has 1 aromatic heterocycles. The third kappa shape index (κ3) is 5.04. The van der Waals surface area contributed by atoms with Crippen molar-refractivity contribution < 1.29 is 13.2 Å². The van der Waals surface area contributed by atoms with Crippen LogP contribution in [-0.2, 0) is 16.6 Å². The Morgan fingerprint density at radius 1 is 1.17 bits per heavy atom. The largest absolute Gasteiger partial charge is 0.334 e. The minimum Gasteiger partial charge on any atom is -0.334 e. The molecule has 0 bridgehead atoms. The monoisotopic (exact) mass is 334 g/mol. The van der Waals surface area contributed by atoms with Crippen molar-refractivity contribution in [3.8, 4) is 0 Å². The molecule has 0 aliphatic rings. The first-order chi connectivity index (χ1) is 10.9. The Labute approximate surface area is 135 Å². The number of pyridine rings is 1. The molecule has 0 unspecified atom stereocenters. The number of carbonyl (C=O) groups excluding carboxylic acids is 1. The molecule has 1 aromatic carbocycles. The SMILES string of the molecule is C[C@@H](NC(=O)NCc1ccncc1)c1ccc(S(N)(=O)=O)cc1. The van der Waals surface area contributed by atoms with Crippen molar-refractivity contribution in [3.05, 3.63) is 59.9 Å². The van der Waals surface area contributed by atoms with Gasteiger partial charge in [-0.15, -0.1) is 0 Å². The van der Waals surface area contributed by atoms with Gasteiger partial charge in [0, 0.05) is 18.9 Å². The first-order valence-corrected chi connectivity index (χ1v) is 8.47. The second kappa shape index (κ2) is 7.21. The van der Waals surface area contributed by atoms with E-state index in [0.29, 0.717) is 6.54 Å². The lowest BCUT2D eigenvalue weighted by atomic mass is 10.1. The van der Waals surface area contributed by atoms with Gasteiger partial charge < -0.3 is 10.6 Å². The molecule has 0 aliphatic heterocycles. The highest BCUT2D eigenvalue weighted by molar-refractivity contribution is 7.89. The number of hydrogen-bond acceptors (Lipinski definition) is 4. The summed E-state index contributed by atoms with van der Waals surface area (Å²) in [6.45, 7) is 2.20. The number of rotatable bonds is 5. The molecule has 1 atom stereocenters. The lowest BCUT2D eigenvalue weighted by molar-refractivity contribution is 0.237. The van der Waals surface area contributed by atoms with E-state index in [1.807, 2.05) is 12.1 Å². The van der Waals surface area contributed by atoms with Crippen molar-refractivity contribution in [2.75, 3.05) is 0 Å². The highest BCUT2D eigenvalue weighted by Crippen LogP contribution is 2.15. The Balaban J connectivity index is 1.90. The molecule has 2 aromatic rings. The van der Waals surface area contributed by atoms with Crippen LogP contribution >= 0.6 is 0 Å². The summed E-state index contributed by atoms with van der Waals surface area (Å²) in [5, 5.41) is 10.6. The zero-order valence-corrected chi connectivity index (χ0v) is 13.4. The maximum atomic E-state index is 11.9. The molecule has 0 spiro atoms. The molecule has 2 rings (SSSR count). The zero-order valence-electron chi connectivity index (χ0n) is 12.6. The van der Waals surface area contributed by atoms with Gasteiger partial charge in [-0.05, 0) is 42.3 Å². The number of sulfonamides is 1. The summed E-state index contributed by atoms with van der Waals surface area (Å²) < 4.78 is 22.4. The number of primary sulfonamides is 1. The van der Waals surface area contributed by atoms with E-state index in [0.717, 1.165) is 11.1 Å². The van der Waals surface area contributed by atoms with E-state index >= 15 is 0 Å². The van der Waals surface area contributed by atoms with E-state index in [-0.39, 0.29) is 17.0 Å². The summed E-state index contributed by atoms with van der Waals surface area (Å²) in [5.74, 6) is 0. The molecule has 0 aliphatic carbocycles. The van der Waals surface area contributed by atoms with E-state index in [2.05, 4.69) is 15.6 Å².